The number of nitrogens with one attached hydrogen (secondary N) is 2. The Morgan fingerprint density at radius 1 is 1.10 bits per heavy atom. The maximum absolute atomic E-state index is 12.6. The molecule has 0 atom stereocenters. The smallest absolute Gasteiger partial charge is 0.231 e. The van der Waals surface area contributed by atoms with Gasteiger partial charge in [-0.15, -0.1) is 0 Å². The van der Waals surface area contributed by atoms with Crippen LogP contribution in [0.4, 0.5) is 5.69 Å². The Morgan fingerprint density at radius 3 is 2.41 bits per heavy atom. The average molecular weight is 453 g/mol. The zero-order valence-electron chi connectivity index (χ0n) is 17.1. The number of thiocarbonyl (C=S) groups is 1. The summed E-state index contributed by atoms with van der Waals surface area (Å²) in [6, 6.07) is 11.1. The number of hydrogen-bond acceptors (Lipinski definition) is 3. The first-order valence-corrected chi connectivity index (χ1v) is 10.5. The first kappa shape index (κ1) is 23.5. The van der Waals surface area contributed by atoms with Gasteiger partial charge in [0.2, 0.25) is 5.91 Å². The van der Waals surface area contributed by atoms with E-state index in [1.807, 2.05) is 39.8 Å². The van der Waals surface area contributed by atoms with E-state index in [1.54, 1.807) is 18.2 Å². The van der Waals surface area contributed by atoms with Crippen molar-refractivity contribution in [1.82, 2.24) is 5.32 Å². The van der Waals surface area contributed by atoms with Crippen LogP contribution < -0.4 is 15.4 Å². The van der Waals surface area contributed by atoms with Gasteiger partial charge < -0.3 is 15.4 Å². The molecule has 0 saturated carbocycles. The fourth-order valence-electron chi connectivity index (χ4n) is 2.73. The molecule has 0 bridgehead atoms. The van der Waals surface area contributed by atoms with E-state index < -0.39 is 5.41 Å². The molecule has 2 rings (SSSR count). The highest BCUT2D eigenvalue weighted by molar-refractivity contribution is 7.80. The van der Waals surface area contributed by atoms with Crippen LogP contribution in [0.1, 0.15) is 37.8 Å². The summed E-state index contributed by atoms with van der Waals surface area (Å²) in [5, 5.41) is 6.84. The fraction of sp³-hybridized carbons (Fsp3) is 0.364. The maximum Gasteiger partial charge on any atom is 0.231 e. The number of halogens is 2. The lowest BCUT2D eigenvalue weighted by Crippen LogP contribution is -2.42. The van der Waals surface area contributed by atoms with Crippen LogP contribution in [0.3, 0.4) is 0 Å². The van der Waals surface area contributed by atoms with Gasteiger partial charge in [-0.2, -0.15) is 0 Å². The third-order valence-corrected chi connectivity index (χ3v) is 5.15. The van der Waals surface area contributed by atoms with E-state index >= 15 is 0 Å². The summed E-state index contributed by atoms with van der Waals surface area (Å²) < 4.78 is 5.88. The number of aryl methyl sites for hydroxylation is 2. The van der Waals surface area contributed by atoms with Crippen molar-refractivity contribution in [3.8, 4) is 5.75 Å². The number of amides is 1. The molecule has 0 saturated heterocycles. The van der Waals surface area contributed by atoms with Gasteiger partial charge in [0.05, 0.1) is 6.61 Å². The Hall–Kier alpha value is -1.82. The molecule has 2 aromatic carbocycles. The minimum atomic E-state index is -0.595. The van der Waals surface area contributed by atoms with Gasteiger partial charge in [-0.05, 0) is 74.3 Å². The number of rotatable bonds is 7. The standard InChI is InChI=1S/C22H26Cl2N2O2S/c1-14-6-7-15(2)19(10-14)28-9-5-8-22(3,4)20(27)26-21(29)25-18-12-16(23)11-17(24)13-18/h6-7,10-13H,5,8-9H2,1-4H3,(H2,25,26,27,29). The van der Waals surface area contributed by atoms with E-state index in [9.17, 15) is 4.79 Å². The van der Waals surface area contributed by atoms with E-state index in [4.69, 9.17) is 40.2 Å². The van der Waals surface area contributed by atoms with Gasteiger partial charge in [0.1, 0.15) is 5.75 Å². The highest BCUT2D eigenvalue weighted by Crippen LogP contribution is 2.25. The second-order valence-corrected chi connectivity index (χ2v) is 8.95. The first-order chi connectivity index (χ1) is 13.6. The van der Waals surface area contributed by atoms with Crippen LogP contribution in [0, 0.1) is 19.3 Å². The maximum atomic E-state index is 12.6. The second-order valence-electron chi connectivity index (χ2n) is 7.67. The zero-order valence-corrected chi connectivity index (χ0v) is 19.4. The summed E-state index contributed by atoms with van der Waals surface area (Å²) in [6.07, 6.45) is 1.41. The van der Waals surface area contributed by atoms with E-state index in [-0.39, 0.29) is 11.0 Å². The summed E-state index contributed by atoms with van der Waals surface area (Å²) >= 11 is 17.2. The number of hydrogen-bond donors (Lipinski definition) is 2. The molecule has 0 aromatic heterocycles. The molecule has 1 amide bonds. The van der Waals surface area contributed by atoms with Crippen LogP contribution >= 0.6 is 35.4 Å². The normalized spacial score (nSPS) is 11.1. The van der Waals surface area contributed by atoms with Gasteiger partial charge in [0.15, 0.2) is 5.11 Å². The molecule has 0 heterocycles. The molecule has 2 N–H and O–H groups in total. The molecule has 7 heteroatoms. The molecule has 0 fully saturated rings. The molecule has 0 radical (unpaired) electrons. The third kappa shape index (κ3) is 7.50. The molecule has 2 aromatic rings. The van der Waals surface area contributed by atoms with E-state index in [1.165, 1.54) is 0 Å². The number of benzene rings is 2. The van der Waals surface area contributed by atoms with Crippen molar-refractivity contribution >= 4 is 52.1 Å². The number of ether oxygens (including phenoxy) is 1. The number of carbonyl (C=O) groups is 1. The van der Waals surface area contributed by atoms with Crippen molar-refractivity contribution in [2.75, 3.05) is 11.9 Å². The minimum Gasteiger partial charge on any atom is -0.493 e. The molecule has 29 heavy (non-hydrogen) atoms. The Kier molecular flexibility index (Phi) is 8.32. The van der Waals surface area contributed by atoms with Crippen LogP contribution in [0.5, 0.6) is 5.75 Å². The monoisotopic (exact) mass is 452 g/mol. The van der Waals surface area contributed by atoms with Gasteiger partial charge in [-0.25, -0.2) is 0 Å². The van der Waals surface area contributed by atoms with Crippen molar-refractivity contribution < 1.29 is 9.53 Å². The summed E-state index contributed by atoms with van der Waals surface area (Å²) in [7, 11) is 0. The van der Waals surface area contributed by atoms with Gasteiger partial charge in [-0.1, -0.05) is 49.2 Å². The molecule has 4 nitrogen and oxygen atoms in total. The third-order valence-electron chi connectivity index (χ3n) is 4.51. The quantitative estimate of drug-likeness (QED) is 0.381. The van der Waals surface area contributed by atoms with E-state index in [0.29, 0.717) is 28.8 Å². The van der Waals surface area contributed by atoms with Crippen LogP contribution in [0.2, 0.25) is 10.0 Å². The van der Waals surface area contributed by atoms with Crippen molar-refractivity contribution in [3.05, 3.63) is 57.6 Å². The predicted molar refractivity (Wildman–Crippen MR) is 125 cm³/mol. The lowest BCUT2D eigenvalue weighted by Gasteiger charge is -2.24. The highest BCUT2D eigenvalue weighted by Gasteiger charge is 2.27. The van der Waals surface area contributed by atoms with Crippen molar-refractivity contribution in [1.29, 1.82) is 0 Å². The Labute approximate surface area is 187 Å². The van der Waals surface area contributed by atoms with Crippen molar-refractivity contribution in [3.63, 3.8) is 0 Å². The van der Waals surface area contributed by atoms with Crippen LogP contribution in [-0.4, -0.2) is 17.6 Å². The minimum absolute atomic E-state index is 0.158. The molecular formula is C22H26Cl2N2O2S. The molecule has 0 aliphatic rings. The summed E-state index contributed by atoms with van der Waals surface area (Å²) in [4.78, 5) is 12.6. The molecular weight excluding hydrogens is 427 g/mol. The predicted octanol–water partition coefficient (Wildman–Crippen LogP) is 6.31. The van der Waals surface area contributed by atoms with Crippen LogP contribution in [-0.2, 0) is 4.79 Å². The SMILES string of the molecule is Cc1ccc(C)c(OCCCC(C)(C)C(=O)NC(=S)Nc2cc(Cl)cc(Cl)c2)c1. The summed E-state index contributed by atoms with van der Waals surface area (Å²) in [5.41, 5.74) is 2.29. The van der Waals surface area contributed by atoms with Gasteiger partial charge in [-0.3, -0.25) is 4.79 Å². The van der Waals surface area contributed by atoms with Gasteiger partial charge >= 0.3 is 0 Å². The molecule has 0 unspecified atom stereocenters. The average Bonchev–Trinajstić information content (AvgIpc) is 2.60. The first-order valence-electron chi connectivity index (χ1n) is 9.35. The van der Waals surface area contributed by atoms with Gasteiger partial charge in [0, 0.05) is 21.1 Å². The Bertz CT molecular complexity index is 880. The summed E-state index contributed by atoms with van der Waals surface area (Å²) in [5.74, 6) is 0.729. The topological polar surface area (TPSA) is 50.4 Å². The largest absolute Gasteiger partial charge is 0.493 e. The van der Waals surface area contributed by atoms with Gasteiger partial charge in [0.25, 0.3) is 0 Å². The lowest BCUT2D eigenvalue weighted by atomic mass is 9.87. The molecule has 0 spiro atoms. The molecule has 0 aliphatic carbocycles. The van der Waals surface area contributed by atoms with Crippen LogP contribution in [0.15, 0.2) is 36.4 Å². The lowest BCUT2D eigenvalue weighted by molar-refractivity contribution is -0.128. The number of carbonyl (C=O) groups excluding carboxylic acids is 1. The van der Waals surface area contributed by atoms with Crippen molar-refractivity contribution in [2.24, 2.45) is 5.41 Å². The van der Waals surface area contributed by atoms with E-state index in [0.717, 1.165) is 23.3 Å². The second kappa shape index (κ2) is 10.3. The number of anilines is 1. The highest BCUT2D eigenvalue weighted by atomic mass is 35.5. The Balaban J connectivity index is 1.82. The fourth-order valence-corrected chi connectivity index (χ4v) is 3.47. The summed E-state index contributed by atoms with van der Waals surface area (Å²) in [6.45, 7) is 8.38. The molecule has 0 aliphatic heterocycles. The van der Waals surface area contributed by atoms with Crippen LogP contribution in [0.25, 0.3) is 0 Å². The van der Waals surface area contributed by atoms with Crippen molar-refractivity contribution in [2.45, 2.75) is 40.5 Å². The molecule has 156 valence electrons. The van der Waals surface area contributed by atoms with E-state index in [2.05, 4.69) is 16.7 Å². The Morgan fingerprint density at radius 2 is 1.76 bits per heavy atom. The zero-order chi connectivity index (χ0) is 21.6.